The minimum atomic E-state index is -0.489. The molecule has 64 heavy (non-hydrogen) atoms. The van der Waals surface area contributed by atoms with Gasteiger partial charge in [0.15, 0.2) is 0 Å². The maximum absolute atomic E-state index is 2.51. The number of hydrogen-bond donors (Lipinski definition) is 0. The highest BCUT2D eigenvalue weighted by Crippen LogP contribution is 2.54. The molecule has 12 rings (SSSR count). The Morgan fingerprint density at radius 3 is 1.25 bits per heavy atom. The molecule has 1 aromatic heterocycles. The highest BCUT2D eigenvalue weighted by molar-refractivity contribution is 6.13. The summed E-state index contributed by atoms with van der Waals surface area (Å²) in [7, 11) is 0. The van der Waals surface area contributed by atoms with Crippen LogP contribution in [0, 0.1) is 0 Å². The number of fused-ring (bicyclic) bond motifs is 5. The van der Waals surface area contributed by atoms with Gasteiger partial charge in [0.1, 0.15) is 0 Å². The second-order valence-electron chi connectivity index (χ2n) is 16.5. The summed E-state index contributed by atoms with van der Waals surface area (Å²) in [5.74, 6) is 0. The van der Waals surface area contributed by atoms with Crippen molar-refractivity contribution in [1.29, 1.82) is 0 Å². The standard InChI is InChI=1S/C61H42N2.CH4.H2/c1-5-16-43(17-6-1)45-28-35-51(36-29-45)62(52-37-30-46(31-38-52)44-18-7-2-8-19-44)53-39-32-47(33-40-53)48-34-41-58-55(42-48)54-24-15-26-57-60(54)63(58)59-27-14-13-25-56(59)61(57,49-20-9-3-10-21-49)50-22-11-4-12-23-50;;/h1-42H;1H4;1H. The van der Waals surface area contributed by atoms with Gasteiger partial charge >= 0.3 is 0 Å². The summed E-state index contributed by atoms with van der Waals surface area (Å²) in [4.78, 5) is 2.35. The maximum atomic E-state index is 2.51. The number of nitrogens with zero attached hydrogens (tertiary/aromatic N) is 2. The molecule has 2 heteroatoms. The predicted molar refractivity (Wildman–Crippen MR) is 272 cm³/mol. The van der Waals surface area contributed by atoms with Crippen molar-refractivity contribution in [3.63, 3.8) is 0 Å². The first-order chi connectivity index (χ1) is 31.3. The number of anilines is 3. The maximum Gasteiger partial charge on any atom is 0.0742 e. The molecule has 0 amide bonds. The molecule has 2 nitrogen and oxygen atoms in total. The average molecular weight is 821 g/mol. The van der Waals surface area contributed by atoms with E-state index in [1.54, 1.807) is 0 Å². The van der Waals surface area contributed by atoms with Crippen molar-refractivity contribution in [2.75, 3.05) is 4.90 Å². The number of para-hydroxylation sites is 2. The molecule has 0 bridgehead atoms. The van der Waals surface area contributed by atoms with Crippen LogP contribution in [-0.4, -0.2) is 4.57 Å². The number of rotatable bonds is 8. The van der Waals surface area contributed by atoms with Gasteiger partial charge in [-0.2, -0.15) is 0 Å². The minimum absolute atomic E-state index is 0. The van der Waals surface area contributed by atoms with Crippen LogP contribution >= 0.6 is 0 Å². The molecule has 1 aliphatic heterocycles. The zero-order valence-corrected chi connectivity index (χ0v) is 34.6. The van der Waals surface area contributed by atoms with Crippen LogP contribution in [-0.2, 0) is 5.41 Å². The van der Waals surface area contributed by atoms with Gasteiger partial charge in [-0.1, -0.05) is 208 Å². The van der Waals surface area contributed by atoms with Crippen LogP contribution in [0.1, 0.15) is 31.1 Å². The summed E-state index contributed by atoms with van der Waals surface area (Å²) in [6.07, 6.45) is 0. The van der Waals surface area contributed by atoms with Crippen molar-refractivity contribution in [2.24, 2.45) is 0 Å². The van der Waals surface area contributed by atoms with Crippen LogP contribution in [0.15, 0.2) is 255 Å². The SMILES string of the molecule is C.[HH].c1ccc(-c2ccc(N(c3ccc(-c4ccccc4)cc3)c3ccc(-c4ccc5c(c4)c4cccc6c4n5-c4ccccc4C6(c4ccccc4)c4ccccc4)cc3)cc2)cc1. The van der Waals surface area contributed by atoms with Crippen LogP contribution in [0.3, 0.4) is 0 Å². The third-order valence-electron chi connectivity index (χ3n) is 13.1. The molecule has 2 heterocycles. The first-order valence-electron chi connectivity index (χ1n) is 21.8. The molecule has 0 spiro atoms. The summed E-state index contributed by atoms with van der Waals surface area (Å²) < 4.78 is 2.51. The zero-order valence-electron chi connectivity index (χ0n) is 34.6. The van der Waals surface area contributed by atoms with E-state index in [4.69, 9.17) is 0 Å². The van der Waals surface area contributed by atoms with Gasteiger partial charge in [-0.3, -0.25) is 0 Å². The Kier molecular flexibility index (Phi) is 9.63. The fraction of sp³-hybridized carbons (Fsp3) is 0.0323. The Hall–Kier alpha value is -8.20. The molecular formula is C62H48N2. The van der Waals surface area contributed by atoms with E-state index in [2.05, 4.69) is 264 Å². The Morgan fingerprint density at radius 2 is 0.734 bits per heavy atom. The molecule has 0 unspecified atom stereocenters. The van der Waals surface area contributed by atoms with E-state index in [0.717, 1.165) is 17.1 Å². The predicted octanol–water partition coefficient (Wildman–Crippen LogP) is 16.8. The van der Waals surface area contributed by atoms with Crippen molar-refractivity contribution < 1.29 is 1.43 Å². The topological polar surface area (TPSA) is 8.17 Å². The van der Waals surface area contributed by atoms with Gasteiger partial charge in [0.25, 0.3) is 0 Å². The summed E-state index contributed by atoms with van der Waals surface area (Å²) in [5, 5.41) is 2.51. The number of hydrogen-bond acceptors (Lipinski definition) is 1. The smallest absolute Gasteiger partial charge is 0.0742 e. The van der Waals surface area contributed by atoms with Gasteiger partial charge < -0.3 is 9.47 Å². The lowest BCUT2D eigenvalue weighted by molar-refractivity contribution is 0.728. The normalized spacial score (nSPS) is 12.4. The van der Waals surface area contributed by atoms with E-state index >= 15 is 0 Å². The Bertz CT molecular complexity index is 3270. The van der Waals surface area contributed by atoms with Gasteiger partial charge in [0, 0.05) is 29.3 Å². The zero-order chi connectivity index (χ0) is 41.7. The van der Waals surface area contributed by atoms with E-state index in [-0.39, 0.29) is 8.85 Å². The molecule has 0 saturated carbocycles. The molecule has 1 aliphatic rings. The molecule has 0 aliphatic carbocycles. The van der Waals surface area contributed by atoms with Crippen molar-refractivity contribution in [2.45, 2.75) is 12.8 Å². The van der Waals surface area contributed by atoms with Crippen LogP contribution < -0.4 is 4.90 Å². The molecular weight excluding hydrogens is 773 g/mol. The largest absolute Gasteiger partial charge is 0.311 e. The Labute approximate surface area is 377 Å². The van der Waals surface area contributed by atoms with E-state index in [9.17, 15) is 0 Å². The second-order valence-corrected chi connectivity index (χ2v) is 16.5. The average Bonchev–Trinajstić information content (AvgIpc) is 3.71. The highest BCUT2D eigenvalue weighted by Gasteiger charge is 2.45. The molecule has 0 N–H and O–H groups in total. The lowest BCUT2D eigenvalue weighted by Crippen LogP contribution is -2.35. The van der Waals surface area contributed by atoms with Gasteiger partial charge in [-0.25, -0.2) is 0 Å². The molecule has 0 saturated heterocycles. The fourth-order valence-corrected chi connectivity index (χ4v) is 10.2. The first kappa shape index (κ1) is 38.7. The van der Waals surface area contributed by atoms with Gasteiger partial charge in [0.2, 0.25) is 0 Å². The van der Waals surface area contributed by atoms with Gasteiger partial charge in [-0.15, -0.1) is 0 Å². The van der Waals surface area contributed by atoms with E-state index < -0.39 is 5.41 Å². The van der Waals surface area contributed by atoms with E-state index in [1.807, 2.05) is 0 Å². The summed E-state index contributed by atoms with van der Waals surface area (Å²) in [5.41, 5.74) is 18.8. The van der Waals surface area contributed by atoms with Crippen molar-refractivity contribution in [3.8, 4) is 39.1 Å². The monoisotopic (exact) mass is 820 g/mol. The second kappa shape index (κ2) is 15.9. The van der Waals surface area contributed by atoms with E-state index in [0.29, 0.717) is 0 Å². The number of benzene rings is 10. The Balaban J connectivity index is 0.00000249. The molecule has 0 fully saturated rings. The van der Waals surface area contributed by atoms with Crippen LogP contribution in [0.25, 0.3) is 60.9 Å². The van der Waals surface area contributed by atoms with Crippen molar-refractivity contribution >= 4 is 38.9 Å². The summed E-state index contributed by atoms with van der Waals surface area (Å²) >= 11 is 0. The van der Waals surface area contributed by atoms with Crippen LogP contribution in [0.4, 0.5) is 17.1 Å². The quantitative estimate of drug-likeness (QED) is 0.148. The molecule has 10 aromatic carbocycles. The van der Waals surface area contributed by atoms with Crippen molar-refractivity contribution in [1.82, 2.24) is 4.57 Å². The Morgan fingerprint density at radius 1 is 0.328 bits per heavy atom. The lowest BCUT2D eigenvalue weighted by atomic mass is 9.63. The van der Waals surface area contributed by atoms with Gasteiger partial charge in [-0.05, 0) is 110 Å². The van der Waals surface area contributed by atoms with Crippen molar-refractivity contribution in [3.05, 3.63) is 277 Å². The lowest BCUT2D eigenvalue weighted by Gasteiger charge is -2.41. The molecule has 0 radical (unpaired) electrons. The highest BCUT2D eigenvalue weighted by atomic mass is 15.1. The van der Waals surface area contributed by atoms with Gasteiger partial charge in [0.05, 0.1) is 22.1 Å². The third-order valence-corrected chi connectivity index (χ3v) is 13.1. The molecule has 306 valence electrons. The van der Waals surface area contributed by atoms with Crippen LogP contribution in [0.5, 0.6) is 0 Å². The van der Waals surface area contributed by atoms with E-state index in [1.165, 1.54) is 83.1 Å². The third kappa shape index (κ3) is 6.18. The first-order valence-corrected chi connectivity index (χ1v) is 21.8. The fourth-order valence-electron chi connectivity index (χ4n) is 10.2. The minimum Gasteiger partial charge on any atom is -0.311 e. The molecule has 11 aromatic rings. The van der Waals surface area contributed by atoms with Crippen LogP contribution in [0.2, 0.25) is 0 Å². The summed E-state index contributed by atoms with van der Waals surface area (Å²) in [6, 6.07) is 93.1. The molecule has 0 atom stereocenters. The number of aromatic nitrogens is 1. The summed E-state index contributed by atoms with van der Waals surface area (Å²) in [6.45, 7) is 0.